The molecule has 0 radical (unpaired) electrons. The minimum atomic E-state index is 0.104. The van der Waals surface area contributed by atoms with Crippen LogP contribution in [-0.2, 0) is 11.3 Å². The lowest BCUT2D eigenvalue weighted by Gasteiger charge is -2.38. The summed E-state index contributed by atoms with van der Waals surface area (Å²) in [6.07, 6.45) is 7.99. The first-order valence-corrected chi connectivity index (χ1v) is 6.96. The molecule has 2 fully saturated rings. The molecule has 1 aliphatic heterocycles. The number of aromatic nitrogens is 5. The van der Waals surface area contributed by atoms with Crippen LogP contribution in [0.25, 0.3) is 0 Å². The molecule has 1 aliphatic carbocycles. The van der Waals surface area contributed by atoms with Crippen molar-refractivity contribution in [1.29, 1.82) is 0 Å². The Labute approximate surface area is 116 Å². The van der Waals surface area contributed by atoms with Gasteiger partial charge in [0.15, 0.2) is 0 Å². The Kier molecular flexibility index (Phi) is 2.58. The molecule has 2 aromatic rings. The van der Waals surface area contributed by atoms with Gasteiger partial charge in [0, 0.05) is 37.6 Å². The fourth-order valence-corrected chi connectivity index (χ4v) is 2.49. The van der Waals surface area contributed by atoms with Gasteiger partial charge >= 0.3 is 0 Å². The molecule has 0 aromatic carbocycles. The van der Waals surface area contributed by atoms with E-state index in [4.69, 9.17) is 0 Å². The minimum absolute atomic E-state index is 0.104. The van der Waals surface area contributed by atoms with E-state index in [1.54, 1.807) is 17.1 Å². The van der Waals surface area contributed by atoms with Crippen molar-refractivity contribution in [3.05, 3.63) is 30.4 Å². The van der Waals surface area contributed by atoms with E-state index in [9.17, 15) is 4.79 Å². The third kappa shape index (κ3) is 2.09. The van der Waals surface area contributed by atoms with Crippen LogP contribution < -0.4 is 0 Å². The van der Waals surface area contributed by atoms with Crippen molar-refractivity contribution in [2.75, 3.05) is 13.1 Å². The van der Waals surface area contributed by atoms with Gasteiger partial charge in [0.25, 0.3) is 0 Å². The van der Waals surface area contributed by atoms with Gasteiger partial charge < -0.3 is 4.90 Å². The molecule has 1 saturated carbocycles. The Morgan fingerprint density at radius 1 is 1.35 bits per heavy atom. The van der Waals surface area contributed by atoms with Crippen LogP contribution >= 0.6 is 0 Å². The quantitative estimate of drug-likeness (QED) is 0.809. The molecule has 20 heavy (non-hydrogen) atoms. The van der Waals surface area contributed by atoms with Gasteiger partial charge in [-0.1, -0.05) is 5.21 Å². The second-order valence-corrected chi connectivity index (χ2v) is 5.55. The van der Waals surface area contributed by atoms with Crippen LogP contribution in [0.1, 0.15) is 30.5 Å². The van der Waals surface area contributed by atoms with E-state index in [0.717, 1.165) is 5.69 Å². The predicted octanol–water partition coefficient (Wildman–Crippen LogP) is 0.435. The number of nitrogens with zero attached hydrogens (tertiary/aromatic N) is 6. The number of likely N-dealkylation sites (tertiary alicyclic amines) is 1. The molecule has 1 saturated heterocycles. The fraction of sp³-hybridized carbons (Fsp3) is 0.538. The van der Waals surface area contributed by atoms with Gasteiger partial charge in [0.1, 0.15) is 6.54 Å². The third-order valence-electron chi connectivity index (χ3n) is 3.97. The summed E-state index contributed by atoms with van der Waals surface area (Å²) in [5, 5.41) is 12.4. The van der Waals surface area contributed by atoms with Gasteiger partial charge in [-0.25, -0.2) is 4.68 Å². The highest BCUT2D eigenvalue weighted by molar-refractivity contribution is 5.76. The Hall–Kier alpha value is -2.18. The van der Waals surface area contributed by atoms with Crippen LogP contribution in [0.5, 0.6) is 0 Å². The standard InChI is InChI=1S/C13H16N6O/c20-13(9-18-5-1-4-14-18)17-6-11(7-17)19-8-12(15-16-19)10-2-3-10/h1,4-5,8,10-11H,2-3,6-7,9H2. The summed E-state index contributed by atoms with van der Waals surface area (Å²) < 4.78 is 3.56. The van der Waals surface area contributed by atoms with E-state index < -0.39 is 0 Å². The average molecular weight is 272 g/mol. The van der Waals surface area contributed by atoms with Gasteiger partial charge in [-0.15, -0.1) is 5.10 Å². The third-order valence-corrected chi connectivity index (χ3v) is 3.97. The van der Waals surface area contributed by atoms with Crippen molar-refractivity contribution in [3.8, 4) is 0 Å². The van der Waals surface area contributed by atoms with E-state index in [1.807, 2.05) is 21.8 Å². The van der Waals surface area contributed by atoms with Gasteiger partial charge in [-0.05, 0) is 18.9 Å². The van der Waals surface area contributed by atoms with Crippen LogP contribution in [0.4, 0.5) is 0 Å². The highest BCUT2D eigenvalue weighted by atomic mass is 16.2. The molecule has 0 atom stereocenters. The maximum Gasteiger partial charge on any atom is 0.244 e. The molecule has 1 amide bonds. The Morgan fingerprint density at radius 2 is 2.20 bits per heavy atom. The van der Waals surface area contributed by atoms with Gasteiger partial charge in [0.05, 0.1) is 11.7 Å². The van der Waals surface area contributed by atoms with E-state index in [0.29, 0.717) is 25.6 Å². The second-order valence-electron chi connectivity index (χ2n) is 5.55. The number of rotatable bonds is 4. The number of hydrogen-bond acceptors (Lipinski definition) is 4. The molecule has 4 rings (SSSR count). The van der Waals surface area contributed by atoms with Crippen LogP contribution in [0.2, 0.25) is 0 Å². The molecule has 2 aliphatic rings. The fourth-order valence-electron chi connectivity index (χ4n) is 2.49. The van der Waals surface area contributed by atoms with E-state index in [2.05, 4.69) is 15.4 Å². The summed E-state index contributed by atoms with van der Waals surface area (Å²) in [4.78, 5) is 13.9. The molecule has 104 valence electrons. The Morgan fingerprint density at radius 3 is 2.90 bits per heavy atom. The molecule has 0 N–H and O–H groups in total. The highest BCUT2D eigenvalue weighted by Crippen LogP contribution is 2.39. The lowest BCUT2D eigenvalue weighted by molar-refractivity contribution is -0.138. The largest absolute Gasteiger partial charge is 0.337 e. The van der Waals surface area contributed by atoms with E-state index in [1.165, 1.54) is 12.8 Å². The summed E-state index contributed by atoms with van der Waals surface area (Å²) in [5.74, 6) is 0.730. The molecule has 3 heterocycles. The second kappa shape index (κ2) is 4.43. The molecule has 7 heteroatoms. The first-order chi connectivity index (χ1) is 9.79. The zero-order valence-corrected chi connectivity index (χ0v) is 11.1. The SMILES string of the molecule is O=C(Cn1cccn1)N1CC(n2cc(C3CC3)nn2)C1. The highest BCUT2D eigenvalue weighted by Gasteiger charge is 2.34. The van der Waals surface area contributed by atoms with Crippen molar-refractivity contribution in [2.45, 2.75) is 31.3 Å². The van der Waals surface area contributed by atoms with Crippen molar-refractivity contribution in [3.63, 3.8) is 0 Å². The zero-order valence-electron chi connectivity index (χ0n) is 11.1. The first-order valence-electron chi connectivity index (χ1n) is 6.96. The lowest BCUT2D eigenvalue weighted by atomic mass is 10.1. The van der Waals surface area contributed by atoms with Gasteiger partial charge in [-0.3, -0.25) is 9.48 Å². The van der Waals surface area contributed by atoms with Crippen molar-refractivity contribution < 1.29 is 4.79 Å². The maximum atomic E-state index is 12.0. The number of carbonyl (C=O) groups is 1. The average Bonchev–Trinajstić information content (AvgIpc) is 2.90. The molecular weight excluding hydrogens is 256 g/mol. The Balaban J connectivity index is 1.33. The first kappa shape index (κ1) is 11.6. The van der Waals surface area contributed by atoms with Crippen molar-refractivity contribution >= 4 is 5.91 Å². The molecular formula is C13H16N6O. The van der Waals surface area contributed by atoms with Crippen molar-refractivity contribution in [1.82, 2.24) is 29.7 Å². The molecule has 0 unspecified atom stereocenters. The number of carbonyl (C=O) groups excluding carboxylic acids is 1. The van der Waals surface area contributed by atoms with E-state index in [-0.39, 0.29) is 11.9 Å². The maximum absolute atomic E-state index is 12.0. The van der Waals surface area contributed by atoms with Crippen LogP contribution in [0.15, 0.2) is 24.7 Å². The molecule has 2 aromatic heterocycles. The summed E-state index contributed by atoms with van der Waals surface area (Å²) in [6, 6.07) is 2.10. The number of hydrogen-bond donors (Lipinski definition) is 0. The van der Waals surface area contributed by atoms with Gasteiger partial charge in [0.2, 0.25) is 5.91 Å². The molecule has 0 bridgehead atoms. The predicted molar refractivity (Wildman–Crippen MR) is 69.8 cm³/mol. The van der Waals surface area contributed by atoms with E-state index >= 15 is 0 Å². The van der Waals surface area contributed by atoms with Crippen LogP contribution in [0, 0.1) is 0 Å². The monoisotopic (exact) mass is 272 g/mol. The normalized spacial score (nSPS) is 19.1. The summed E-state index contributed by atoms with van der Waals surface area (Å²) in [6.45, 7) is 1.74. The van der Waals surface area contributed by atoms with Gasteiger partial charge in [-0.2, -0.15) is 5.10 Å². The van der Waals surface area contributed by atoms with Crippen LogP contribution in [-0.4, -0.2) is 48.7 Å². The molecule has 7 nitrogen and oxygen atoms in total. The summed E-state index contributed by atoms with van der Waals surface area (Å²) >= 11 is 0. The van der Waals surface area contributed by atoms with Crippen molar-refractivity contribution in [2.24, 2.45) is 0 Å². The minimum Gasteiger partial charge on any atom is -0.337 e. The number of amides is 1. The topological polar surface area (TPSA) is 68.8 Å². The Bertz CT molecular complexity index is 609. The summed E-state index contributed by atoms with van der Waals surface area (Å²) in [7, 11) is 0. The molecule has 0 spiro atoms. The lowest BCUT2D eigenvalue weighted by Crippen LogP contribution is -2.51. The summed E-state index contributed by atoms with van der Waals surface area (Å²) in [5.41, 5.74) is 1.10. The smallest absolute Gasteiger partial charge is 0.244 e. The van der Waals surface area contributed by atoms with Crippen LogP contribution in [0.3, 0.4) is 0 Å². The zero-order chi connectivity index (χ0) is 13.5.